The lowest BCUT2D eigenvalue weighted by atomic mass is 10.2. The largest absolute Gasteiger partial charge is 0.490 e. The van der Waals surface area contributed by atoms with Crippen molar-refractivity contribution in [2.75, 3.05) is 31.1 Å². The fourth-order valence-electron chi connectivity index (χ4n) is 2.21. The summed E-state index contributed by atoms with van der Waals surface area (Å²) in [6.45, 7) is 7.37. The van der Waals surface area contributed by atoms with Crippen molar-refractivity contribution in [3.63, 3.8) is 0 Å². The highest BCUT2D eigenvalue weighted by atomic mass is 16.6. The summed E-state index contributed by atoms with van der Waals surface area (Å²) in [4.78, 5) is 24.0. The molecule has 2 rings (SSSR count). The van der Waals surface area contributed by atoms with Crippen LogP contribution in [0.25, 0.3) is 0 Å². The van der Waals surface area contributed by atoms with Gasteiger partial charge in [-0.3, -0.25) is 10.1 Å². The van der Waals surface area contributed by atoms with Gasteiger partial charge in [0.15, 0.2) is 0 Å². The molecule has 1 aliphatic heterocycles. The van der Waals surface area contributed by atoms with E-state index in [1.54, 1.807) is 26.8 Å². The van der Waals surface area contributed by atoms with Gasteiger partial charge in [0.05, 0.1) is 17.2 Å². The molecular weight excluding hydrogens is 302 g/mol. The zero-order valence-corrected chi connectivity index (χ0v) is 13.5. The molecule has 1 aromatic rings. The number of benzene rings is 1. The minimum Gasteiger partial charge on any atom is -0.490 e. The molecule has 1 aliphatic rings. The quantitative estimate of drug-likeness (QED) is 0.675. The first-order valence-electron chi connectivity index (χ1n) is 7.39. The van der Waals surface area contributed by atoms with Gasteiger partial charge < -0.3 is 19.7 Å². The Balaban J connectivity index is 1.96. The van der Waals surface area contributed by atoms with E-state index in [0.717, 1.165) is 0 Å². The van der Waals surface area contributed by atoms with Gasteiger partial charge in [-0.05, 0) is 26.8 Å². The van der Waals surface area contributed by atoms with Crippen LogP contribution in [0.1, 0.15) is 20.8 Å². The summed E-state index contributed by atoms with van der Waals surface area (Å²) in [6.07, 6.45) is -0.481. The average Bonchev–Trinajstić information content (AvgIpc) is 2.45. The van der Waals surface area contributed by atoms with Crippen molar-refractivity contribution in [1.82, 2.24) is 5.32 Å². The maximum atomic E-state index is 11.6. The smallest absolute Gasteiger partial charge is 0.407 e. The van der Waals surface area contributed by atoms with Crippen LogP contribution in [0.5, 0.6) is 5.75 Å². The van der Waals surface area contributed by atoms with Crippen molar-refractivity contribution >= 4 is 17.5 Å². The first-order valence-corrected chi connectivity index (χ1v) is 7.39. The maximum absolute atomic E-state index is 11.6. The second kappa shape index (κ2) is 6.72. The van der Waals surface area contributed by atoms with Gasteiger partial charge in [-0.2, -0.15) is 0 Å². The molecule has 1 N–H and O–H groups in total. The highest BCUT2D eigenvalue weighted by Gasteiger charge is 2.22. The monoisotopic (exact) mass is 323 g/mol. The Labute approximate surface area is 134 Å². The van der Waals surface area contributed by atoms with Crippen LogP contribution in [-0.4, -0.2) is 42.9 Å². The van der Waals surface area contributed by atoms with Gasteiger partial charge in [0.2, 0.25) is 0 Å². The standard InChI is InChI=1S/C15H21N3O5/c1-15(2,3)23-14(19)16-6-7-17-8-9-22-13-5-4-11(18(20)21)10-12(13)17/h4-5,10H,6-9H2,1-3H3,(H,16,19). The first kappa shape index (κ1) is 16.9. The third-order valence-electron chi connectivity index (χ3n) is 3.16. The molecule has 0 radical (unpaired) electrons. The van der Waals surface area contributed by atoms with Gasteiger partial charge in [0.1, 0.15) is 18.0 Å². The number of hydrogen-bond acceptors (Lipinski definition) is 6. The van der Waals surface area contributed by atoms with E-state index in [1.807, 2.05) is 4.90 Å². The predicted octanol–water partition coefficient (Wildman–Crippen LogP) is 2.32. The molecule has 0 aliphatic carbocycles. The van der Waals surface area contributed by atoms with Crippen molar-refractivity contribution in [1.29, 1.82) is 0 Å². The average molecular weight is 323 g/mol. The number of hydrogen-bond donors (Lipinski definition) is 1. The Morgan fingerprint density at radius 2 is 2.22 bits per heavy atom. The van der Waals surface area contributed by atoms with Gasteiger partial charge in [0, 0.05) is 25.2 Å². The summed E-state index contributed by atoms with van der Waals surface area (Å²) in [5.41, 5.74) is 0.131. The molecule has 0 aromatic heterocycles. The Bertz CT molecular complexity index is 597. The third-order valence-corrected chi connectivity index (χ3v) is 3.16. The Hall–Kier alpha value is -2.51. The van der Waals surface area contributed by atoms with Gasteiger partial charge in [-0.15, -0.1) is 0 Å². The van der Waals surface area contributed by atoms with Gasteiger partial charge >= 0.3 is 6.09 Å². The number of nitro groups is 1. The number of rotatable bonds is 4. The van der Waals surface area contributed by atoms with Crippen LogP contribution >= 0.6 is 0 Å². The summed E-state index contributed by atoms with van der Waals surface area (Å²) in [5, 5.41) is 13.6. The molecule has 0 saturated carbocycles. The molecule has 23 heavy (non-hydrogen) atoms. The second-order valence-electron chi connectivity index (χ2n) is 6.17. The van der Waals surface area contributed by atoms with Crippen LogP contribution in [0.4, 0.5) is 16.2 Å². The van der Waals surface area contributed by atoms with E-state index in [9.17, 15) is 14.9 Å². The lowest BCUT2D eigenvalue weighted by Crippen LogP contribution is -2.40. The molecule has 8 heteroatoms. The van der Waals surface area contributed by atoms with Crippen LogP contribution in [0.2, 0.25) is 0 Å². The SMILES string of the molecule is CC(C)(C)OC(=O)NCCN1CCOc2ccc([N+](=O)[O-])cc21. The van der Waals surface area contributed by atoms with Gasteiger partial charge in [-0.25, -0.2) is 4.79 Å². The van der Waals surface area contributed by atoms with E-state index in [4.69, 9.17) is 9.47 Å². The molecule has 0 bridgehead atoms. The lowest BCUT2D eigenvalue weighted by molar-refractivity contribution is -0.384. The van der Waals surface area contributed by atoms with Gasteiger partial charge in [0.25, 0.3) is 5.69 Å². The van der Waals surface area contributed by atoms with Crippen molar-refractivity contribution in [2.45, 2.75) is 26.4 Å². The van der Waals surface area contributed by atoms with E-state index in [2.05, 4.69) is 5.32 Å². The molecule has 0 atom stereocenters. The minimum atomic E-state index is -0.545. The summed E-state index contributed by atoms with van der Waals surface area (Å²) < 4.78 is 10.7. The number of nitrogens with one attached hydrogen (secondary N) is 1. The molecule has 0 saturated heterocycles. The van der Waals surface area contributed by atoms with E-state index >= 15 is 0 Å². The van der Waals surface area contributed by atoms with Crippen molar-refractivity contribution in [2.24, 2.45) is 0 Å². The molecule has 8 nitrogen and oxygen atoms in total. The molecule has 126 valence electrons. The summed E-state index contributed by atoms with van der Waals surface area (Å²) >= 11 is 0. The fourth-order valence-corrected chi connectivity index (χ4v) is 2.21. The van der Waals surface area contributed by atoms with E-state index in [-0.39, 0.29) is 5.69 Å². The number of non-ortho nitro benzene ring substituents is 1. The van der Waals surface area contributed by atoms with Crippen molar-refractivity contribution in [3.8, 4) is 5.75 Å². The zero-order chi connectivity index (χ0) is 17.0. The van der Waals surface area contributed by atoms with Crippen LogP contribution in [-0.2, 0) is 4.74 Å². The Morgan fingerprint density at radius 3 is 2.87 bits per heavy atom. The second-order valence-corrected chi connectivity index (χ2v) is 6.17. The lowest BCUT2D eigenvalue weighted by Gasteiger charge is -2.31. The van der Waals surface area contributed by atoms with Gasteiger partial charge in [-0.1, -0.05) is 0 Å². The topological polar surface area (TPSA) is 93.9 Å². The van der Waals surface area contributed by atoms with Crippen molar-refractivity contribution < 1.29 is 19.2 Å². The predicted molar refractivity (Wildman–Crippen MR) is 85.0 cm³/mol. The number of anilines is 1. The zero-order valence-electron chi connectivity index (χ0n) is 13.5. The van der Waals surface area contributed by atoms with Crippen LogP contribution in [0, 0.1) is 10.1 Å². The Kier molecular flexibility index (Phi) is 4.92. The molecule has 1 aromatic carbocycles. The van der Waals surface area contributed by atoms with Crippen molar-refractivity contribution in [3.05, 3.63) is 28.3 Å². The number of amides is 1. The summed E-state index contributed by atoms with van der Waals surface area (Å²) in [6, 6.07) is 4.50. The highest BCUT2D eigenvalue weighted by molar-refractivity contribution is 5.68. The summed E-state index contributed by atoms with van der Waals surface area (Å²) in [7, 11) is 0. The number of carbonyl (C=O) groups excluding carboxylic acids is 1. The normalized spacial score (nSPS) is 13.8. The number of alkyl carbamates (subject to hydrolysis) is 1. The van der Waals surface area contributed by atoms with E-state index in [1.165, 1.54) is 12.1 Å². The minimum absolute atomic E-state index is 0.0133. The number of carbonyl (C=O) groups is 1. The fraction of sp³-hybridized carbons (Fsp3) is 0.533. The first-order chi connectivity index (χ1) is 10.8. The molecule has 0 fully saturated rings. The highest BCUT2D eigenvalue weighted by Crippen LogP contribution is 2.34. The van der Waals surface area contributed by atoms with E-state index < -0.39 is 16.6 Å². The maximum Gasteiger partial charge on any atom is 0.407 e. The number of nitro benzene ring substituents is 1. The molecule has 0 unspecified atom stereocenters. The van der Waals surface area contributed by atoms with E-state index in [0.29, 0.717) is 37.7 Å². The van der Waals surface area contributed by atoms with Crippen LogP contribution < -0.4 is 15.0 Å². The molecule has 0 spiro atoms. The molecule has 1 heterocycles. The number of ether oxygens (including phenoxy) is 2. The third kappa shape index (κ3) is 4.73. The number of fused-ring (bicyclic) bond motifs is 1. The van der Waals surface area contributed by atoms with Crippen LogP contribution in [0.3, 0.4) is 0 Å². The number of nitrogens with zero attached hydrogens (tertiary/aromatic N) is 2. The molecular formula is C15H21N3O5. The summed E-state index contributed by atoms with van der Waals surface area (Å²) in [5.74, 6) is 0.610. The molecule has 1 amide bonds. The van der Waals surface area contributed by atoms with Crippen LogP contribution in [0.15, 0.2) is 18.2 Å². The Morgan fingerprint density at radius 1 is 1.48 bits per heavy atom.